The van der Waals surface area contributed by atoms with E-state index in [1.807, 2.05) is 0 Å². The highest BCUT2D eigenvalue weighted by Gasteiger charge is 1.99. The van der Waals surface area contributed by atoms with E-state index in [9.17, 15) is 4.79 Å². The molecule has 12 heavy (non-hydrogen) atoms. The third kappa shape index (κ3) is 2.10. The minimum Gasteiger partial charge on any atom is -0.480 e. The molecular weight excluding hydrogens is 180 g/mol. The second kappa shape index (κ2) is 3.40. The van der Waals surface area contributed by atoms with Gasteiger partial charge in [-0.3, -0.25) is 10.2 Å². The molecule has 2 N–H and O–H groups in total. The third-order valence-corrected chi connectivity index (χ3v) is 1.52. The van der Waals surface area contributed by atoms with E-state index in [-0.39, 0.29) is 12.0 Å². The first-order chi connectivity index (χ1) is 5.59. The van der Waals surface area contributed by atoms with Gasteiger partial charge in [0, 0.05) is 6.20 Å². The van der Waals surface area contributed by atoms with Crippen molar-refractivity contribution >= 4 is 17.6 Å². The monoisotopic (exact) mass is 186 g/mol. The van der Waals surface area contributed by atoms with Gasteiger partial charge >= 0.3 is 5.97 Å². The van der Waals surface area contributed by atoms with E-state index in [4.69, 9.17) is 22.1 Å². The Morgan fingerprint density at radius 2 is 2.33 bits per heavy atom. The van der Waals surface area contributed by atoms with Crippen molar-refractivity contribution in [2.45, 2.75) is 6.54 Å². The fraction of sp³-hybridized carbons (Fsp3) is 0.143. The van der Waals surface area contributed by atoms with Crippen molar-refractivity contribution < 1.29 is 9.90 Å². The molecule has 0 saturated carbocycles. The fourth-order valence-corrected chi connectivity index (χ4v) is 0.973. The zero-order chi connectivity index (χ0) is 9.14. The highest BCUT2D eigenvalue weighted by Crippen LogP contribution is 2.02. The van der Waals surface area contributed by atoms with Crippen LogP contribution < -0.4 is 5.49 Å². The van der Waals surface area contributed by atoms with Crippen molar-refractivity contribution in [3.63, 3.8) is 0 Å². The Morgan fingerprint density at radius 1 is 1.67 bits per heavy atom. The molecule has 0 spiro atoms. The number of carbonyl (C=O) groups is 1. The summed E-state index contributed by atoms with van der Waals surface area (Å²) in [4.78, 5) is 10.3. The van der Waals surface area contributed by atoms with E-state index in [0.717, 1.165) is 0 Å². The highest BCUT2D eigenvalue weighted by atomic mass is 35.5. The lowest BCUT2D eigenvalue weighted by Gasteiger charge is -2.02. The average molecular weight is 187 g/mol. The van der Waals surface area contributed by atoms with Crippen molar-refractivity contribution in [2.24, 2.45) is 0 Å². The summed E-state index contributed by atoms with van der Waals surface area (Å²) in [6.07, 6.45) is 1.41. The number of nitrogens with one attached hydrogen (secondary N) is 1. The number of nitrogens with zero attached hydrogens (tertiary/aromatic N) is 1. The Labute approximate surface area is 73.5 Å². The molecule has 1 aromatic rings. The number of aromatic nitrogens is 1. The second-order valence-corrected chi connectivity index (χ2v) is 2.69. The molecule has 0 aromatic carbocycles. The van der Waals surface area contributed by atoms with Crippen molar-refractivity contribution in [3.05, 3.63) is 28.8 Å². The minimum absolute atomic E-state index is 0.127. The van der Waals surface area contributed by atoms with Crippen LogP contribution in [-0.2, 0) is 11.3 Å². The molecule has 0 unspecified atom stereocenters. The molecule has 4 nitrogen and oxygen atoms in total. The van der Waals surface area contributed by atoms with Crippen LogP contribution in [0.3, 0.4) is 0 Å². The number of aliphatic carboxylic acids is 1. The number of rotatable bonds is 2. The summed E-state index contributed by atoms with van der Waals surface area (Å²) in [5.41, 5.74) is 0.127. The van der Waals surface area contributed by atoms with Gasteiger partial charge in [-0.15, -0.1) is 0 Å². The van der Waals surface area contributed by atoms with Gasteiger partial charge < -0.3 is 9.67 Å². The molecule has 1 aromatic heterocycles. The average Bonchev–Trinajstić information content (AvgIpc) is 1.96. The van der Waals surface area contributed by atoms with Gasteiger partial charge in [0.05, 0.1) is 5.02 Å². The van der Waals surface area contributed by atoms with Crippen molar-refractivity contribution in [3.8, 4) is 0 Å². The fourth-order valence-electron chi connectivity index (χ4n) is 0.792. The Bertz CT molecular complexity index is 359. The summed E-state index contributed by atoms with van der Waals surface area (Å²) < 4.78 is 1.25. The number of carboxylic acid groups (broad SMARTS) is 1. The van der Waals surface area contributed by atoms with Crippen LogP contribution in [0.4, 0.5) is 0 Å². The molecule has 0 aliphatic carbocycles. The zero-order valence-corrected chi connectivity index (χ0v) is 6.88. The largest absolute Gasteiger partial charge is 0.480 e. The maximum atomic E-state index is 10.3. The van der Waals surface area contributed by atoms with Crippen LogP contribution in [0.5, 0.6) is 0 Å². The normalized spacial score (nSPS) is 9.75. The van der Waals surface area contributed by atoms with Gasteiger partial charge in [0.15, 0.2) is 0 Å². The van der Waals surface area contributed by atoms with E-state index in [1.54, 1.807) is 6.07 Å². The lowest BCUT2D eigenvalue weighted by molar-refractivity contribution is -0.137. The summed E-state index contributed by atoms with van der Waals surface area (Å²) in [5.74, 6) is -0.990. The van der Waals surface area contributed by atoms with Crippen LogP contribution in [0.2, 0.25) is 5.02 Å². The first-order valence-corrected chi connectivity index (χ1v) is 3.60. The summed E-state index contributed by atoms with van der Waals surface area (Å²) >= 11 is 5.60. The summed E-state index contributed by atoms with van der Waals surface area (Å²) in [5, 5.41) is 16.2. The first kappa shape index (κ1) is 8.80. The van der Waals surface area contributed by atoms with Crippen LogP contribution in [0.1, 0.15) is 0 Å². The van der Waals surface area contributed by atoms with Gasteiger partial charge in [0.1, 0.15) is 12.0 Å². The van der Waals surface area contributed by atoms with E-state index >= 15 is 0 Å². The first-order valence-electron chi connectivity index (χ1n) is 3.22. The topological polar surface area (TPSA) is 66.1 Å². The van der Waals surface area contributed by atoms with Gasteiger partial charge in [0.2, 0.25) is 0 Å². The molecule has 64 valence electrons. The number of halogens is 1. The van der Waals surface area contributed by atoms with Gasteiger partial charge in [-0.25, -0.2) is 0 Å². The second-order valence-electron chi connectivity index (χ2n) is 2.25. The summed E-state index contributed by atoms with van der Waals surface area (Å²) in [6.45, 7) is -0.237. The Kier molecular flexibility index (Phi) is 2.50. The lowest BCUT2D eigenvalue weighted by Crippen LogP contribution is -2.22. The molecule has 0 bridgehead atoms. The number of pyridine rings is 1. The number of hydrogen-bond acceptors (Lipinski definition) is 2. The molecule has 5 heteroatoms. The maximum absolute atomic E-state index is 10.3. The third-order valence-electron chi connectivity index (χ3n) is 1.29. The van der Waals surface area contributed by atoms with Crippen LogP contribution in [0.15, 0.2) is 18.3 Å². The quantitative estimate of drug-likeness (QED) is 0.714. The standard InChI is InChI=1S/C7H7ClN2O2/c8-5-1-2-6(9)10(3-5)4-7(11)12/h1-3,9H,4H2,(H,11,12). The molecule has 0 radical (unpaired) electrons. The van der Waals surface area contributed by atoms with E-state index in [1.165, 1.54) is 16.8 Å². The highest BCUT2D eigenvalue weighted by molar-refractivity contribution is 6.30. The Balaban J connectivity index is 3.06. The molecule has 0 amide bonds. The number of hydrogen-bond donors (Lipinski definition) is 2. The van der Waals surface area contributed by atoms with Gasteiger partial charge in [-0.2, -0.15) is 0 Å². The van der Waals surface area contributed by atoms with Crippen LogP contribution in [0, 0.1) is 5.41 Å². The van der Waals surface area contributed by atoms with Gasteiger partial charge in [-0.1, -0.05) is 11.6 Å². The smallest absolute Gasteiger partial charge is 0.323 e. The van der Waals surface area contributed by atoms with Crippen LogP contribution in [0.25, 0.3) is 0 Å². The van der Waals surface area contributed by atoms with E-state index < -0.39 is 5.97 Å². The number of carboxylic acids is 1. The van der Waals surface area contributed by atoms with E-state index in [0.29, 0.717) is 5.02 Å². The molecule has 0 atom stereocenters. The molecule has 1 heterocycles. The SMILES string of the molecule is N=c1ccc(Cl)cn1CC(=O)O. The molecule has 0 aliphatic heterocycles. The lowest BCUT2D eigenvalue weighted by atomic mass is 10.4. The van der Waals surface area contributed by atoms with E-state index in [2.05, 4.69) is 0 Å². The predicted molar refractivity (Wildman–Crippen MR) is 42.9 cm³/mol. The van der Waals surface area contributed by atoms with Crippen LogP contribution >= 0.6 is 11.6 Å². The molecule has 0 fully saturated rings. The molecule has 0 aliphatic rings. The summed E-state index contributed by atoms with van der Waals surface area (Å²) in [7, 11) is 0. The molecule has 1 rings (SSSR count). The summed E-state index contributed by atoms with van der Waals surface area (Å²) in [6, 6.07) is 2.99. The Hall–Kier alpha value is -1.29. The van der Waals surface area contributed by atoms with Crippen LogP contribution in [-0.4, -0.2) is 15.6 Å². The van der Waals surface area contributed by atoms with Gasteiger partial charge in [-0.05, 0) is 12.1 Å². The van der Waals surface area contributed by atoms with Gasteiger partial charge in [0.25, 0.3) is 0 Å². The molecule has 0 saturated heterocycles. The van der Waals surface area contributed by atoms with Crippen molar-refractivity contribution in [1.29, 1.82) is 5.41 Å². The maximum Gasteiger partial charge on any atom is 0.323 e. The predicted octanol–water partition coefficient (Wildman–Crippen LogP) is 0.706. The Morgan fingerprint density at radius 3 is 2.92 bits per heavy atom. The zero-order valence-electron chi connectivity index (χ0n) is 6.12. The minimum atomic E-state index is -0.990. The molecular formula is C7H7ClN2O2. The van der Waals surface area contributed by atoms with Crippen molar-refractivity contribution in [2.75, 3.05) is 0 Å². The van der Waals surface area contributed by atoms with Crippen molar-refractivity contribution in [1.82, 2.24) is 4.57 Å².